The molecule has 0 aliphatic carbocycles. The van der Waals surface area contributed by atoms with E-state index in [0.29, 0.717) is 36.6 Å². The molecular weight excluding hydrogens is 270 g/mol. The number of benzene rings is 1. The van der Waals surface area contributed by atoms with Gasteiger partial charge in [-0.3, -0.25) is 4.79 Å². The van der Waals surface area contributed by atoms with Gasteiger partial charge in [-0.25, -0.2) is 4.79 Å². The summed E-state index contributed by atoms with van der Waals surface area (Å²) in [5, 5.41) is 2.59. The van der Waals surface area contributed by atoms with Crippen molar-refractivity contribution in [3.63, 3.8) is 0 Å². The minimum Gasteiger partial charge on any atom is -0.399 e. The number of nitrogens with zero attached hydrogens (tertiary/aromatic N) is 1. The summed E-state index contributed by atoms with van der Waals surface area (Å²) in [6, 6.07) is 4.34. The number of nitrogen functional groups attached to an aromatic ring is 2. The van der Waals surface area contributed by atoms with Gasteiger partial charge in [0.05, 0.1) is 0 Å². The number of likely N-dealkylation sites (tertiary alicyclic amines) is 1. The second kappa shape index (κ2) is 6.34. The maximum absolute atomic E-state index is 12.5. The number of hydrogen-bond acceptors (Lipinski definition) is 4. The fourth-order valence-corrected chi connectivity index (χ4v) is 2.64. The average Bonchev–Trinajstić information content (AvgIpc) is 2.43. The predicted molar refractivity (Wildman–Crippen MR) is 81.5 cm³/mol. The summed E-state index contributed by atoms with van der Waals surface area (Å²) in [6.45, 7) is 1.77. The van der Waals surface area contributed by atoms with Crippen LogP contribution in [-0.4, -0.2) is 36.5 Å². The zero-order valence-electron chi connectivity index (χ0n) is 11.8. The summed E-state index contributed by atoms with van der Waals surface area (Å²) in [6.07, 6.45) is 1.86. The van der Waals surface area contributed by atoms with Crippen LogP contribution in [0.15, 0.2) is 18.2 Å². The number of carbonyl (C=O) groups excluding carboxylic acids is 2. The quantitative estimate of drug-likeness (QED) is 0.600. The number of primary amides is 1. The van der Waals surface area contributed by atoms with E-state index in [-0.39, 0.29) is 11.8 Å². The SMILES string of the molecule is NC(=O)NCC1CCCN(C(=O)c2cc(N)cc(N)c2)C1. The standard InChI is InChI=1S/C14H21N5O2/c15-11-4-10(5-12(16)6-11)13(20)19-3-1-2-9(8-19)7-18-14(17)21/h4-6,9H,1-3,7-8,15-16H2,(H3,17,18,21). The molecule has 0 spiro atoms. The van der Waals surface area contributed by atoms with Crippen molar-refractivity contribution in [2.45, 2.75) is 12.8 Å². The number of nitrogens with one attached hydrogen (secondary N) is 1. The summed E-state index contributed by atoms with van der Waals surface area (Å²) in [4.78, 5) is 25.0. The number of urea groups is 1. The lowest BCUT2D eigenvalue weighted by Crippen LogP contribution is -2.44. The van der Waals surface area contributed by atoms with Gasteiger partial charge < -0.3 is 27.4 Å². The van der Waals surface area contributed by atoms with Gasteiger partial charge in [0, 0.05) is 36.6 Å². The number of anilines is 2. The van der Waals surface area contributed by atoms with Gasteiger partial charge in [0.2, 0.25) is 0 Å². The Labute approximate surface area is 123 Å². The highest BCUT2D eigenvalue weighted by Crippen LogP contribution is 2.20. The van der Waals surface area contributed by atoms with Crippen molar-refractivity contribution >= 4 is 23.3 Å². The van der Waals surface area contributed by atoms with Gasteiger partial charge in [0.25, 0.3) is 5.91 Å². The van der Waals surface area contributed by atoms with Gasteiger partial charge in [-0.2, -0.15) is 0 Å². The molecule has 1 aliphatic heterocycles. The fourth-order valence-electron chi connectivity index (χ4n) is 2.64. The summed E-state index contributed by atoms with van der Waals surface area (Å²) in [5.41, 5.74) is 18.0. The smallest absolute Gasteiger partial charge is 0.312 e. The Morgan fingerprint density at radius 1 is 1.24 bits per heavy atom. The Hall–Kier alpha value is -2.44. The van der Waals surface area contributed by atoms with Crippen molar-refractivity contribution in [1.29, 1.82) is 0 Å². The maximum Gasteiger partial charge on any atom is 0.312 e. The molecule has 1 unspecified atom stereocenters. The largest absolute Gasteiger partial charge is 0.399 e. The first-order valence-electron chi connectivity index (χ1n) is 6.94. The fraction of sp³-hybridized carbons (Fsp3) is 0.429. The minimum atomic E-state index is -0.540. The van der Waals surface area contributed by atoms with E-state index in [0.717, 1.165) is 12.8 Å². The number of nitrogens with two attached hydrogens (primary N) is 3. The molecule has 7 nitrogen and oxygen atoms in total. The molecule has 2 rings (SSSR count). The van der Waals surface area contributed by atoms with Crippen LogP contribution in [0.25, 0.3) is 0 Å². The predicted octanol–water partition coefficient (Wildman–Crippen LogP) is 0.372. The molecule has 1 aromatic carbocycles. The van der Waals surface area contributed by atoms with Crippen molar-refractivity contribution in [3.05, 3.63) is 23.8 Å². The first kappa shape index (κ1) is 15.0. The molecule has 3 amide bonds. The number of hydrogen-bond donors (Lipinski definition) is 4. The third-order valence-corrected chi connectivity index (χ3v) is 3.60. The molecule has 0 bridgehead atoms. The van der Waals surface area contributed by atoms with Crippen LogP contribution in [0.4, 0.5) is 16.2 Å². The molecule has 1 aromatic rings. The van der Waals surface area contributed by atoms with E-state index in [9.17, 15) is 9.59 Å². The summed E-state index contributed by atoms with van der Waals surface area (Å²) in [7, 11) is 0. The van der Waals surface area contributed by atoms with Crippen molar-refractivity contribution in [2.24, 2.45) is 11.7 Å². The van der Waals surface area contributed by atoms with Crippen LogP contribution in [-0.2, 0) is 0 Å². The highest BCUT2D eigenvalue weighted by molar-refractivity contribution is 5.96. The van der Waals surface area contributed by atoms with Gasteiger partial charge in [-0.15, -0.1) is 0 Å². The first-order valence-corrected chi connectivity index (χ1v) is 6.94. The third-order valence-electron chi connectivity index (χ3n) is 3.60. The van der Waals surface area contributed by atoms with Gasteiger partial charge in [0.15, 0.2) is 0 Å². The Morgan fingerprint density at radius 3 is 2.52 bits per heavy atom. The second-order valence-corrected chi connectivity index (χ2v) is 5.39. The summed E-state index contributed by atoms with van der Waals surface area (Å²) < 4.78 is 0. The number of piperidine rings is 1. The van der Waals surface area contributed by atoms with Crippen molar-refractivity contribution < 1.29 is 9.59 Å². The van der Waals surface area contributed by atoms with E-state index in [1.54, 1.807) is 23.1 Å². The summed E-state index contributed by atoms with van der Waals surface area (Å²) >= 11 is 0. The zero-order valence-corrected chi connectivity index (χ0v) is 11.8. The summed E-state index contributed by atoms with van der Waals surface area (Å²) in [5.74, 6) is 0.131. The van der Waals surface area contributed by atoms with E-state index in [2.05, 4.69) is 5.32 Å². The molecule has 1 fully saturated rings. The first-order chi connectivity index (χ1) is 9.95. The molecule has 0 aromatic heterocycles. The normalized spacial score (nSPS) is 18.3. The Balaban J connectivity index is 2.03. The van der Waals surface area contributed by atoms with E-state index < -0.39 is 6.03 Å². The van der Waals surface area contributed by atoms with Gasteiger partial charge >= 0.3 is 6.03 Å². The number of rotatable bonds is 3. The zero-order chi connectivity index (χ0) is 15.4. The second-order valence-electron chi connectivity index (χ2n) is 5.39. The molecule has 7 heteroatoms. The molecule has 0 saturated carbocycles. The van der Waals surface area contributed by atoms with Crippen molar-refractivity contribution in [1.82, 2.24) is 10.2 Å². The lowest BCUT2D eigenvalue weighted by molar-refractivity contribution is 0.0675. The highest BCUT2D eigenvalue weighted by atomic mass is 16.2. The Kier molecular flexibility index (Phi) is 4.52. The van der Waals surface area contributed by atoms with Gasteiger partial charge in [-0.1, -0.05) is 0 Å². The van der Waals surface area contributed by atoms with Gasteiger partial charge in [0.1, 0.15) is 0 Å². The van der Waals surface area contributed by atoms with E-state index >= 15 is 0 Å². The molecule has 0 radical (unpaired) electrons. The maximum atomic E-state index is 12.5. The topological polar surface area (TPSA) is 127 Å². The molecule has 1 atom stereocenters. The van der Waals surface area contributed by atoms with Crippen molar-refractivity contribution in [2.75, 3.05) is 31.1 Å². The van der Waals surface area contributed by atoms with E-state index in [1.165, 1.54) is 0 Å². The molecule has 1 saturated heterocycles. The lowest BCUT2D eigenvalue weighted by atomic mass is 9.97. The molecule has 1 aliphatic rings. The third kappa shape index (κ3) is 4.01. The lowest BCUT2D eigenvalue weighted by Gasteiger charge is -2.33. The average molecular weight is 291 g/mol. The number of carbonyl (C=O) groups is 2. The van der Waals surface area contributed by atoms with Crippen molar-refractivity contribution in [3.8, 4) is 0 Å². The van der Waals surface area contributed by atoms with Crippen LogP contribution < -0.4 is 22.5 Å². The molecule has 1 heterocycles. The Morgan fingerprint density at radius 2 is 1.90 bits per heavy atom. The number of amides is 3. The highest BCUT2D eigenvalue weighted by Gasteiger charge is 2.24. The molecule has 21 heavy (non-hydrogen) atoms. The molecular formula is C14H21N5O2. The van der Waals surface area contributed by atoms with Crippen LogP contribution in [0, 0.1) is 5.92 Å². The van der Waals surface area contributed by atoms with E-state index in [4.69, 9.17) is 17.2 Å². The minimum absolute atomic E-state index is 0.0854. The Bertz CT molecular complexity index is 526. The molecule has 7 N–H and O–H groups in total. The van der Waals surface area contributed by atoms with E-state index in [1.807, 2.05) is 0 Å². The van der Waals surface area contributed by atoms with Crippen LogP contribution in [0.1, 0.15) is 23.2 Å². The van der Waals surface area contributed by atoms with Crippen LogP contribution in [0.2, 0.25) is 0 Å². The van der Waals surface area contributed by atoms with Crippen LogP contribution in [0.5, 0.6) is 0 Å². The monoisotopic (exact) mass is 291 g/mol. The van der Waals surface area contributed by atoms with Crippen LogP contribution >= 0.6 is 0 Å². The molecule has 114 valence electrons. The van der Waals surface area contributed by atoms with Gasteiger partial charge in [-0.05, 0) is 37.0 Å². The van der Waals surface area contributed by atoms with Crippen LogP contribution in [0.3, 0.4) is 0 Å².